The van der Waals surface area contributed by atoms with Crippen LogP contribution in [-0.4, -0.2) is 29.8 Å². The number of aromatic nitrogens is 4. The Balaban J connectivity index is 2.01. The lowest BCUT2D eigenvalue weighted by Gasteiger charge is -2.17. The number of nitrogens with zero attached hydrogens (tertiary/aromatic N) is 4. The summed E-state index contributed by atoms with van der Waals surface area (Å²) in [6, 6.07) is 3.55. The molecule has 8 heteroatoms. The molecule has 132 valence electrons. The molecule has 0 aliphatic heterocycles. The van der Waals surface area contributed by atoms with Crippen molar-refractivity contribution in [2.75, 3.05) is 5.32 Å². The van der Waals surface area contributed by atoms with Crippen molar-refractivity contribution in [1.82, 2.24) is 19.1 Å². The second kappa shape index (κ2) is 6.50. The fourth-order valence-corrected chi connectivity index (χ4v) is 2.75. The van der Waals surface area contributed by atoms with Crippen LogP contribution < -0.4 is 11.0 Å². The van der Waals surface area contributed by atoms with E-state index in [1.807, 2.05) is 0 Å². The van der Waals surface area contributed by atoms with Crippen molar-refractivity contribution in [1.29, 1.82) is 0 Å². The molecular formula is C17H20ClN5O2. The summed E-state index contributed by atoms with van der Waals surface area (Å²) in [7, 11) is 1.71. The van der Waals surface area contributed by atoms with E-state index in [1.54, 1.807) is 60.8 Å². The van der Waals surface area contributed by atoms with Crippen LogP contribution in [0.3, 0.4) is 0 Å². The van der Waals surface area contributed by atoms with Crippen molar-refractivity contribution in [3.63, 3.8) is 0 Å². The predicted octanol–water partition coefficient (Wildman–Crippen LogP) is 2.69. The first-order valence-electron chi connectivity index (χ1n) is 7.90. The number of anilines is 2. The lowest BCUT2D eigenvalue weighted by Crippen LogP contribution is -2.27. The van der Waals surface area contributed by atoms with Gasteiger partial charge in [-0.2, -0.15) is 0 Å². The van der Waals surface area contributed by atoms with Gasteiger partial charge in [0.25, 0.3) is 0 Å². The Kier molecular flexibility index (Phi) is 4.53. The topological polar surface area (TPSA) is 85.0 Å². The molecule has 0 saturated carbocycles. The Morgan fingerprint density at radius 1 is 1.32 bits per heavy atom. The molecule has 0 atom stereocenters. The van der Waals surface area contributed by atoms with E-state index in [2.05, 4.69) is 15.3 Å². The molecule has 0 bridgehead atoms. The zero-order chi connectivity index (χ0) is 18.2. The highest BCUT2D eigenvalue weighted by molar-refractivity contribution is 6.33. The van der Waals surface area contributed by atoms with Gasteiger partial charge in [0.15, 0.2) is 0 Å². The van der Waals surface area contributed by atoms with Gasteiger partial charge in [-0.15, -0.1) is 0 Å². The maximum absolute atomic E-state index is 12.5. The third-order valence-corrected chi connectivity index (χ3v) is 4.32. The zero-order valence-corrected chi connectivity index (χ0v) is 15.1. The van der Waals surface area contributed by atoms with Crippen LogP contribution in [0.2, 0.25) is 5.02 Å². The predicted molar refractivity (Wildman–Crippen MR) is 98.4 cm³/mol. The molecule has 7 nitrogen and oxygen atoms in total. The molecule has 0 aliphatic carbocycles. The van der Waals surface area contributed by atoms with E-state index in [1.165, 1.54) is 0 Å². The largest absolute Gasteiger partial charge is 0.390 e. The van der Waals surface area contributed by atoms with Gasteiger partial charge >= 0.3 is 5.69 Å². The van der Waals surface area contributed by atoms with E-state index in [-0.39, 0.29) is 5.69 Å². The van der Waals surface area contributed by atoms with Crippen LogP contribution in [0.25, 0.3) is 11.0 Å². The van der Waals surface area contributed by atoms with Crippen molar-refractivity contribution >= 4 is 34.1 Å². The maximum Gasteiger partial charge on any atom is 0.328 e. The van der Waals surface area contributed by atoms with Crippen LogP contribution >= 0.6 is 11.6 Å². The second-order valence-electron chi connectivity index (χ2n) is 6.59. The molecule has 0 unspecified atom stereocenters. The molecule has 0 saturated heterocycles. The first-order valence-corrected chi connectivity index (χ1v) is 8.28. The van der Waals surface area contributed by atoms with Gasteiger partial charge in [-0.05, 0) is 26.3 Å². The monoisotopic (exact) mass is 361 g/mol. The molecule has 0 amide bonds. The van der Waals surface area contributed by atoms with Crippen LogP contribution in [-0.2, 0) is 13.6 Å². The van der Waals surface area contributed by atoms with Crippen molar-refractivity contribution < 1.29 is 5.11 Å². The molecule has 3 aromatic rings. The molecular weight excluding hydrogens is 342 g/mol. The summed E-state index contributed by atoms with van der Waals surface area (Å²) in [6.45, 7) is 3.87. The first-order chi connectivity index (χ1) is 11.8. The highest BCUT2D eigenvalue weighted by Gasteiger charge is 2.17. The SMILES string of the molecule is Cn1c(=O)n(CCC(C)(C)O)c2cc(Nc3ccncc3Cl)ncc21. The highest BCUT2D eigenvalue weighted by atomic mass is 35.5. The van der Waals surface area contributed by atoms with E-state index < -0.39 is 5.60 Å². The minimum atomic E-state index is -0.847. The summed E-state index contributed by atoms with van der Waals surface area (Å²) >= 11 is 6.11. The van der Waals surface area contributed by atoms with Gasteiger partial charge in [0.05, 0.1) is 33.5 Å². The normalized spacial score (nSPS) is 11.9. The minimum absolute atomic E-state index is 0.139. The molecule has 2 N–H and O–H groups in total. The summed E-state index contributed by atoms with van der Waals surface area (Å²) in [5.74, 6) is 0.572. The average molecular weight is 362 g/mol. The number of nitrogens with one attached hydrogen (secondary N) is 1. The number of fused-ring (bicyclic) bond motifs is 1. The number of pyridine rings is 2. The molecule has 3 heterocycles. The second-order valence-corrected chi connectivity index (χ2v) is 7.00. The molecule has 0 aromatic carbocycles. The Hall–Kier alpha value is -2.38. The standard InChI is InChI=1S/C17H20ClN5O2/c1-17(2,25)5-7-23-13-8-15(20-10-14(13)22(3)16(23)24)21-12-4-6-19-9-11(12)18/h4,6,8-10,25H,5,7H2,1-3H3,(H,19,20,21). The average Bonchev–Trinajstić information content (AvgIpc) is 2.78. The van der Waals surface area contributed by atoms with Crippen LogP contribution in [0.1, 0.15) is 20.3 Å². The Labute approximate surface area is 149 Å². The van der Waals surface area contributed by atoms with Gasteiger partial charge in [0.1, 0.15) is 5.82 Å². The Morgan fingerprint density at radius 2 is 2.08 bits per heavy atom. The quantitative estimate of drug-likeness (QED) is 0.729. The lowest BCUT2D eigenvalue weighted by molar-refractivity contribution is 0.0662. The summed E-state index contributed by atoms with van der Waals surface area (Å²) in [4.78, 5) is 20.8. The van der Waals surface area contributed by atoms with Gasteiger partial charge < -0.3 is 10.4 Å². The molecule has 0 fully saturated rings. The smallest absolute Gasteiger partial charge is 0.328 e. The van der Waals surface area contributed by atoms with E-state index in [0.717, 1.165) is 11.0 Å². The number of aliphatic hydroxyl groups is 1. The van der Waals surface area contributed by atoms with E-state index in [9.17, 15) is 9.90 Å². The zero-order valence-electron chi connectivity index (χ0n) is 14.3. The van der Waals surface area contributed by atoms with Crippen LogP contribution in [0.15, 0.2) is 35.5 Å². The molecule has 3 rings (SSSR count). The molecule has 0 aliphatic rings. The number of hydrogen-bond donors (Lipinski definition) is 2. The third-order valence-electron chi connectivity index (χ3n) is 4.01. The Morgan fingerprint density at radius 3 is 2.76 bits per heavy atom. The first kappa shape index (κ1) is 17.4. The number of imidazole rings is 1. The number of hydrogen-bond acceptors (Lipinski definition) is 5. The van der Waals surface area contributed by atoms with Crippen LogP contribution in [0, 0.1) is 0 Å². The maximum atomic E-state index is 12.5. The molecule has 0 spiro atoms. The Bertz CT molecular complexity index is 971. The molecule has 3 aromatic heterocycles. The summed E-state index contributed by atoms with van der Waals surface area (Å²) in [5, 5.41) is 13.6. The molecule has 25 heavy (non-hydrogen) atoms. The van der Waals surface area contributed by atoms with E-state index in [0.29, 0.717) is 29.5 Å². The van der Waals surface area contributed by atoms with Gasteiger partial charge in [-0.3, -0.25) is 14.1 Å². The third kappa shape index (κ3) is 3.67. The van der Waals surface area contributed by atoms with E-state index >= 15 is 0 Å². The van der Waals surface area contributed by atoms with Crippen molar-refractivity contribution in [3.05, 3.63) is 46.2 Å². The van der Waals surface area contributed by atoms with Crippen LogP contribution in [0.5, 0.6) is 0 Å². The van der Waals surface area contributed by atoms with Crippen molar-refractivity contribution in [3.8, 4) is 0 Å². The van der Waals surface area contributed by atoms with Crippen molar-refractivity contribution in [2.45, 2.75) is 32.4 Å². The summed E-state index contributed by atoms with van der Waals surface area (Å²) in [6.07, 6.45) is 5.29. The van der Waals surface area contributed by atoms with E-state index in [4.69, 9.17) is 11.6 Å². The molecule has 0 radical (unpaired) electrons. The minimum Gasteiger partial charge on any atom is -0.390 e. The summed E-state index contributed by atoms with van der Waals surface area (Å²) < 4.78 is 3.20. The fraction of sp³-hybridized carbons (Fsp3) is 0.353. The van der Waals surface area contributed by atoms with Gasteiger partial charge in [-0.25, -0.2) is 9.78 Å². The summed E-state index contributed by atoms with van der Waals surface area (Å²) in [5.41, 5.74) is 1.18. The number of aryl methyl sites for hydroxylation is 2. The fourth-order valence-electron chi connectivity index (χ4n) is 2.58. The van der Waals surface area contributed by atoms with Gasteiger partial charge in [-0.1, -0.05) is 11.6 Å². The van der Waals surface area contributed by atoms with Crippen LogP contribution in [0.4, 0.5) is 11.5 Å². The number of halogens is 1. The highest BCUT2D eigenvalue weighted by Crippen LogP contribution is 2.25. The van der Waals surface area contributed by atoms with Gasteiger partial charge in [0.2, 0.25) is 0 Å². The van der Waals surface area contributed by atoms with Gasteiger partial charge in [0, 0.05) is 32.1 Å². The lowest BCUT2D eigenvalue weighted by atomic mass is 10.1. The number of rotatable bonds is 5. The van der Waals surface area contributed by atoms with Crippen molar-refractivity contribution in [2.24, 2.45) is 7.05 Å².